The number of pyridine rings is 1. The average Bonchev–Trinajstić information content (AvgIpc) is 4.08. The van der Waals surface area contributed by atoms with Gasteiger partial charge >= 0.3 is 11.7 Å². The number of nitrogens with zero attached hydrogens (tertiary/aromatic N) is 11. The van der Waals surface area contributed by atoms with Crippen LogP contribution >= 0.6 is 0 Å². The van der Waals surface area contributed by atoms with Crippen molar-refractivity contribution in [2.45, 2.75) is 44.6 Å². The Labute approximate surface area is 416 Å². The monoisotopic (exact) mass is 967 g/mol. The van der Waals surface area contributed by atoms with Gasteiger partial charge in [0.15, 0.2) is 0 Å². The predicted molar refractivity (Wildman–Crippen MR) is 277 cm³/mol. The fourth-order valence-corrected chi connectivity index (χ4v) is 11.2. The third-order valence-electron chi connectivity index (χ3n) is 15.1. The first-order chi connectivity index (χ1) is 34.9. The van der Waals surface area contributed by atoms with Crippen LogP contribution in [-0.4, -0.2) is 123 Å². The van der Waals surface area contributed by atoms with Crippen molar-refractivity contribution in [3.63, 3.8) is 0 Å². The molecule has 3 aromatic heterocycles. The summed E-state index contributed by atoms with van der Waals surface area (Å²) in [4.78, 5) is 79.9. The Balaban J connectivity index is 0.789. The number of imide groups is 1. The lowest BCUT2D eigenvalue weighted by Gasteiger charge is -2.44. The smallest absolute Gasteiger partial charge is 0.350 e. The van der Waals surface area contributed by atoms with Crippen molar-refractivity contribution in [2.24, 2.45) is 14.1 Å². The third-order valence-corrected chi connectivity index (χ3v) is 15.1. The molecule has 0 radical (unpaired) electrons. The number of hydrogen-bond acceptors (Lipinski definition) is 11. The first kappa shape index (κ1) is 46.3. The van der Waals surface area contributed by atoms with Crippen LogP contribution in [-0.2, 0) is 23.7 Å². The van der Waals surface area contributed by atoms with Crippen molar-refractivity contribution in [3.05, 3.63) is 131 Å². The van der Waals surface area contributed by atoms with Gasteiger partial charge in [-0.15, -0.1) is 0 Å². The molecule has 1 unspecified atom stereocenters. The quantitative estimate of drug-likeness (QED) is 0.163. The molecular weight excluding hydrogens is 911 g/mol. The van der Waals surface area contributed by atoms with E-state index in [-0.39, 0.29) is 29.4 Å². The summed E-state index contributed by atoms with van der Waals surface area (Å²) in [7, 11) is 5.15. The predicted octanol–water partition coefficient (Wildman–Crippen LogP) is 5.61. The lowest BCUT2D eigenvalue weighted by atomic mass is 9.91. The van der Waals surface area contributed by atoms with Crippen LogP contribution in [0.15, 0.2) is 108 Å². The molecule has 7 aromatic rings. The minimum Gasteiger partial charge on any atom is -0.371 e. The summed E-state index contributed by atoms with van der Waals surface area (Å²) in [5, 5.41) is 15.1. The normalized spacial score (nSPS) is 18.1. The zero-order valence-electron chi connectivity index (χ0n) is 40.9. The molecule has 18 nitrogen and oxygen atoms in total. The van der Waals surface area contributed by atoms with E-state index < -0.39 is 5.92 Å². The number of benzene rings is 4. The zero-order chi connectivity index (χ0) is 49.8. The second kappa shape index (κ2) is 18.9. The molecule has 2 N–H and O–H groups in total. The minimum absolute atomic E-state index is 0.218. The number of aromatic nitrogens is 6. The summed E-state index contributed by atoms with van der Waals surface area (Å²) < 4.78 is 4.74. The first-order valence-corrected chi connectivity index (χ1v) is 24.7. The van der Waals surface area contributed by atoms with Crippen LogP contribution in [0.2, 0.25) is 0 Å². The Morgan fingerprint density at radius 3 is 2.19 bits per heavy atom. The lowest BCUT2D eigenvalue weighted by Crippen LogP contribution is -2.53. The number of piperazine rings is 1. The van der Waals surface area contributed by atoms with Gasteiger partial charge in [0, 0.05) is 114 Å². The van der Waals surface area contributed by atoms with Crippen LogP contribution in [0.1, 0.15) is 53.2 Å². The van der Waals surface area contributed by atoms with Crippen LogP contribution in [0, 0.1) is 6.92 Å². The topological polar surface area (TPSA) is 179 Å². The van der Waals surface area contributed by atoms with Gasteiger partial charge in [0.05, 0.1) is 28.5 Å². The van der Waals surface area contributed by atoms with Crippen molar-refractivity contribution in [1.82, 2.24) is 44.6 Å². The van der Waals surface area contributed by atoms with Gasteiger partial charge in [0.25, 0.3) is 5.91 Å². The SMILES string of the molecule is CNC(=O)c1cccc(N2CCN(c3nccc(-c4ccc(-n5cnn(C)c5=O)cc4-c4ccc(N5CCC(N6CCN(c7cccc8c(C9CCC(=O)NC9=O)nn(C)c78)CC6)CC5)cc4)c3C)C2=O)c1. The molecule has 4 aliphatic rings. The van der Waals surface area contributed by atoms with Crippen LogP contribution in [0.3, 0.4) is 0 Å². The van der Waals surface area contributed by atoms with E-state index in [1.165, 1.54) is 15.6 Å². The van der Waals surface area contributed by atoms with Crippen molar-refractivity contribution in [3.8, 4) is 27.9 Å². The fourth-order valence-electron chi connectivity index (χ4n) is 11.2. The van der Waals surface area contributed by atoms with E-state index in [1.807, 2.05) is 55.1 Å². The second-order valence-electron chi connectivity index (χ2n) is 19.1. The van der Waals surface area contributed by atoms with Crippen LogP contribution in [0.5, 0.6) is 0 Å². The van der Waals surface area contributed by atoms with E-state index in [2.05, 4.69) is 66.8 Å². The summed E-state index contributed by atoms with van der Waals surface area (Å²) in [6, 6.07) is 30.2. The van der Waals surface area contributed by atoms with Crippen molar-refractivity contribution in [1.29, 1.82) is 0 Å². The number of piperidine rings is 2. The maximum Gasteiger partial charge on any atom is 0.350 e. The number of hydrogen-bond donors (Lipinski definition) is 2. The second-order valence-corrected chi connectivity index (χ2v) is 19.1. The van der Waals surface area contributed by atoms with E-state index in [1.54, 1.807) is 48.3 Å². The van der Waals surface area contributed by atoms with E-state index in [4.69, 9.17) is 10.1 Å². The molecule has 5 amide bonds. The average molecular weight is 968 g/mol. The van der Waals surface area contributed by atoms with Gasteiger partial charge in [-0.25, -0.2) is 23.8 Å². The molecule has 4 aromatic carbocycles. The molecule has 0 spiro atoms. The first-order valence-electron chi connectivity index (χ1n) is 24.7. The van der Waals surface area contributed by atoms with E-state index >= 15 is 0 Å². The number of nitrogens with one attached hydrogen (secondary N) is 2. The highest BCUT2D eigenvalue weighted by Crippen LogP contribution is 2.40. The van der Waals surface area contributed by atoms with Gasteiger partial charge in [-0.1, -0.05) is 36.4 Å². The van der Waals surface area contributed by atoms with Crippen molar-refractivity contribution in [2.75, 3.05) is 79.0 Å². The molecule has 0 aliphatic carbocycles. The highest BCUT2D eigenvalue weighted by Gasteiger charge is 2.35. The number of amides is 5. The van der Waals surface area contributed by atoms with Gasteiger partial charge in [-0.3, -0.25) is 39.1 Å². The summed E-state index contributed by atoms with van der Waals surface area (Å²) in [6.07, 6.45) is 6.17. The molecule has 0 bridgehead atoms. The van der Waals surface area contributed by atoms with Crippen LogP contribution in [0.25, 0.3) is 38.8 Å². The van der Waals surface area contributed by atoms with E-state index in [0.717, 1.165) is 108 Å². The molecular formula is C54H57N13O5. The van der Waals surface area contributed by atoms with Crippen molar-refractivity contribution >= 4 is 57.5 Å². The third kappa shape index (κ3) is 8.34. The molecule has 7 heterocycles. The lowest BCUT2D eigenvalue weighted by molar-refractivity contribution is -0.134. The Morgan fingerprint density at radius 2 is 1.46 bits per heavy atom. The maximum atomic E-state index is 14.0. The van der Waals surface area contributed by atoms with E-state index in [9.17, 15) is 24.0 Å². The van der Waals surface area contributed by atoms with Gasteiger partial charge in [-0.05, 0) is 109 Å². The largest absolute Gasteiger partial charge is 0.371 e. The van der Waals surface area contributed by atoms with E-state index in [0.29, 0.717) is 54.7 Å². The Morgan fingerprint density at radius 1 is 0.708 bits per heavy atom. The van der Waals surface area contributed by atoms with Gasteiger partial charge in [0.2, 0.25) is 11.8 Å². The number of aryl methyl sites for hydroxylation is 2. The molecule has 4 saturated heterocycles. The van der Waals surface area contributed by atoms with Gasteiger partial charge in [-0.2, -0.15) is 10.2 Å². The van der Waals surface area contributed by atoms with Gasteiger partial charge in [0.1, 0.15) is 12.1 Å². The molecule has 11 rings (SSSR count). The summed E-state index contributed by atoms with van der Waals surface area (Å²) >= 11 is 0. The number of fused-ring (bicyclic) bond motifs is 1. The number of carbonyl (C=O) groups excluding carboxylic acids is 4. The Hall–Kier alpha value is -8.12. The van der Waals surface area contributed by atoms with Crippen LogP contribution < -0.4 is 35.9 Å². The molecule has 18 heteroatoms. The molecule has 1 atom stereocenters. The summed E-state index contributed by atoms with van der Waals surface area (Å²) in [5.41, 5.74) is 10.2. The minimum atomic E-state index is -0.437. The Bertz CT molecular complexity index is 3320. The zero-order valence-corrected chi connectivity index (χ0v) is 40.9. The molecule has 0 saturated carbocycles. The standard InChI is InChI=1S/C54H57N13O5/c1-34-41(19-22-56-50(34)66-30-29-65(54(66)72)39-8-5-7-36(31-39)51(69)55-2)42-16-15-40(67-33-57-61(4)53(67)71)32-45(42)35-11-13-37(14-12-35)62-23-20-38(21-24-62)63-25-27-64(28-26-63)46-10-6-9-43-48(59-60(3)49(43)46)44-17-18-47(68)58-52(44)70/h5-16,19,22,31-33,38,44H,17-18,20-21,23-30H2,1-4H3,(H,55,69)(H,58,68,70). The molecule has 4 aliphatic heterocycles. The highest BCUT2D eigenvalue weighted by molar-refractivity contribution is 6.07. The molecule has 72 heavy (non-hydrogen) atoms. The highest BCUT2D eigenvalue weighted by atomic mass is 16.2. The molecule has 368 valence electrons. The number of urea groups is 1. The van der Waals surface area contributed by atoms with Gasteiger partial charge < -0.3 is 15.1 Å². The van der Waals surface area contributed by atoms with Crippen molar-refractivity contribution < 1.29 is 19.2 Å². The van der Waals surface area contributed by atoms with Crippen LogP contribution in [0.4, 0.5) is 27.7 Å². The summed E-state index contributed by atoms with van der Waals surface area (Å²) in [6.45, 7) is 8.43. The fraction of sp³-hybridized carbons (Fsp3) is 0.333. The molecule has 4 fully saturated rings. The Kier molecular flexibility index (Phi) is 12.1. The number of anilines is 4. The summed E-state index contributed by atoms with van der Waals surface area (Å²) in [5.74, 6) is -0.590. The number of carbonyl (C=O) groups is 4. The number of para-hydroxylation sites is 1. The number of rotatable bonds is 10. The maximum absolute atomic E-state index is 14.0.